The van der Waals surface area contributed by atoms with Crippen LogP contribution in [0.3, 0.4) is 0 Å². The molecule has 0 spiro atoms. The first-order chi connectivity index (χ1) is 14.0. The van der Waals surface area contributed by atoms with Crippen LogP contribution in [0.15, 0.2) is 47.5 Å². The minimum absolute atomic E-state index is 0. The van der Waals surface area contributed by atoms with Gasteiger partial charge in [-0.05, 0) is 49.3 Å². The zero-order valence-corrected chi connectivity index (χ0v) is 21.2. The van der Waals surface area contributed by atoms with Crippen molar-refractivity contribution in [3.05, 3.63) is 59.2 Å². The number of ether oxygens (including phenoxy) is 2. The molecule has 0 aliphatic rings. The quantitative estimate of drug-likeness (QED) is 0.296. The fourth-order valence-electron chi connectivity index (χ4n) is 3.16. The molecule has 2 aromatic carbocycles. The number of aryl methyl sites for hydroxylation is 1. The summed E-state index contributed by atoms with van der Waals surface area (Å²) >= 11 is 0. The lowest BCUT2D eigenvalue weighted by atomic mass is 10.0. The molecule has 2 N–H and O–H groups in total. The molecule has 30 heavy (non-hydrogen) atoms. The van der Waals surface area contributed by atoms with Crippen LogP contribution in [-0.2, 0) is 13.0 Å². The standard InChI is InChI=1S/C23H34N4O2.HI/c1-7-17-8-11-19(12-9-17)20(27(3)4)16-26-23(24-2)25-15-18-10-13-21(28-5)22(14-18)29-6;/h8-14,20H,7,15-16H2,1-6H3,(H2,24,25,26);1H. The molecule has 166 valence electrons. The molecule has 0 fully saturated rings. The van der Waals surface area contributed by atoms with Crippen molar-refractivity contribution in [2.45, 2.75) is 25.9 Å². The normalized spacial score (nSPS) is 12.2. The lowest BCUT2D eigenvalue weighted by molar-refractivity contribution is 0.298. The van der Waals surface area contributed by atoms with E-state index >= 15 is 0 Å². The number of aliphatic imine (C=N–C) groups is 1. The van der Waals surface area contributed by atoms with E-state index in [9.17, 15) is 0 Å². The van der Waals surface area contributed by atoms with Crippen molar-refractivity contribution in [3.8, 4) is 11.5 Å². The second-order valence-corrected chi connectivity index (χ2v) is 7.07. The van der Waals surface area contributed by atoms with Gasteiger partial charge in [0.15, 0.2) is 17.5 Å². The van der Waals surface area contributed by atoms with Crippen LogP contribution in [0, 0.1) is 0 Å². The van der Waals surface area contributed by atoms with Gasteiger partial charge in [-0.1, -0.05) is 37.3 Å². The molecule has 7 heteroatoms. The summed E-state index contributed by atoms with van der Waals surface area (Å²) in [5.74, 6) is 2.21. The molecule has 0 saturated heterocycles. The first-order valence-electron chi connectivity index (χ1n) is 9.93. The molecule has 0 amide bonds. The average molecular weight is 526 g/mol. The fraction of sp³-hybridized carbons (Fsp3) is 0.435. The van der Waals surface area contributed by atoms with Gasteiger partial charge < -0.3 is 25.0 Å². The number of nitrogens with zero attached hydrogens (tertiary/aromatic N) is 2. The van der Waals surface area contributed by atoms with Crippen LogP contribution in [0.5, 0.6) is 11.5 Å². The molecule has 0 aliphatic carbocycles. The number of rotatable bonds is 9. The van der Waals surface area contributed by atoms with Gasteiger partial charge in [0.2, 0.25) is 0 Å². The molecular weight excluding hydrogens is 491 g/mol. The maximum atomic E-state index is 5.38. The van der Waals surface area contributed by atoms with Crippen LogP contribution in [0.25, 0.3) is 0 Å². The number of nitrogens with one attached hydrogen (secondary N) is 2. The summed E-state index contributed by atoms with van der Waals surface area (Å²) in [4.78, 5) is 6.57. The minimum atomic E-state index is 0. The third-order valence-electron chi connectivity index (χ3n) is 4.99. The van der Waals surface area contributed by atoms with Crippen molar-refractivity contribution in [3.63, 3.8) is 0 Å². The van der Waals surface area contributed by atoms with E-state index in [1.54, 1.807) is 21.3 Å². The smallest absolute Gasteiger partial charge is 0.191 e. The Labute approximate surface area is 198 Å². The number of hydrogen-bond acceptors (Lipinski definition) is 4. The van der Waals surface area contributed by atoms with Crippen molar-refractivity contribution >= 4 is 29.9 Å². The third kappa shape index (κ3) is 7.36. The largest absolute Gasteiger partial charge is 0.493 e. The number of likely N-dealkylation sites (N-methyl/N-ethyl adjacent to an activating group) is 1. The minimum Gasteiger partial charge on any atom is -0.493 e. The molecule has 1 atom stereocenters. The van der Waals surface area contributed by atoms with Gasteiger partial charge in [0, 0.05) is 20.1 Å². The van der Waals surface area contributed by atoms with Gasteiger partial charge >= 0.3 is 0 Å². The Bertz CT molecular complexity index is 794. The van der Waals surface area contributed by atoms with Crippen LogP contribution in [0.4, 0.5) is 0 Å². The number of guanidine groups is 1. The maximum Gasteiger partial charge on any atom is 0.191 e. The highest BCUT2D eigenvalue weighted by molar-refractivity contribution is 14.0. The number of hydrogen-bond donors (Lipinski definition) is 2. The Kier molecular flexibility index (Phi) is 11.6. The van der Waals surface area contributed by atoms with E-state index in [-0.39, 0.29) is 30.0 Å². The predicted octanol–water partition coefficient (Wildman–Crippen LogP) is 3.85. The van der Waals surface area contributed by atoms with E-state index in [0.29, 0.717) is 6.54 Å². The lowest BCUT2D eigenvalue weighted by Gasteiger charge is -2.26. The van der Waals surface area contributed by atoms with Gasteiger partial charge in [-0.3, -0.25) is 4.99 Å². The fourth-order valence-corrected chi connectivity index (χ4v) is 3.16. The summed E-state index contributed by atoms with van der Waals surface area (Å²) in [6, 6.07) is 15.0. The SMILES string of the molecule is CCc1ccc(C(CNC(=NC)NCc2ccc(OC)c(OC)c2)N(C)C)cc1.I. The highest BCUT2D eigenvalue weighted by atomic mass is 127. The van der Waals surface area contributed by atoms with Gasteiger partial charge in [0.1, 0.15) is 0 Å². The van der Waals surface area contributed by atoms with Crippen LogP contribution in [-0.4, -0.2) is 52.8 Å². The molecule has 1 unspecified atom stereocenters. The average Bonchev–Trinajstić information content (AvgIpc) is 2.75. The predicted molar refractivity (Wildman–Crippen MR) is 135 cm³/mol. The molecule has 6 nitrogen and oxygen atoms in total. The van der Waals surface area contributed by atoms with E-state index in [0.717, 1.165) is 36.0 Å². The monoisotopic (exact) mass is 526 g/mol. The van der Waals surface area contributed by atoms with Crippen molar-refractivity contribution in [2.24, 2.45) is 4.99 Å². The molecule has 0 heterocycles. The van der Waals surface area contributed by atoms with Crippen molar-refractivity contribution in [1.29, 1.82) is 0 Å². The van der Waals surface area contributed by atoms with E-state index in [1.165, 1.54) is 11.1 Å². The molecule has 0 aliphatic heterocycles. The number of halogens is 1. The summed E-state index contributed by atoms with van der Waals surface area (Å²) < 4.78 is 10.7. The molecule has 0 saturated carbocycles. The summed E-state index contributed by atoms with van der Waals surface area (Å²) in [6.07, 6.45) is 1.05. The second kappa shape index (κ2) is 13.3. The van der Waals surface area contributed by atoms with Gasteiger partial charge in [-0.2, -0.15) is 0 Å². The summed E-state index contributed by atoms with van der Waals surface area (Å²) in [5, 5.41) is 6.80. The van der Waals surface area contributed by atoms with Crippen molar-refractivity contribution in [1.82, 2.24) is 15.5 Å². The van der Waals surface area contributed by atoms with Crippen molar-refractivity contribution < 1.29 is 9.47 Å². The van der Waals surface area contributed by atoms with Crippen molar-refractivity contribution in [2.75, 3.05) is 41.9 Å². The highest BCUT2D eigenvalue weighted by Gasteiger charge is 2.15. The first kappa shape index (κ1) is 26.0. The van der Waals surface area contributed by atoms with Gasteiger partial charge in [-0.25, -0.2) is 0 Å². The molecule has 2 rings (SSSR count). The van der Waals surface area contributed by atoms with Gasteiger partial charge in [0.05, 0.1) is 20.3 Å². The van der Waals surface area contributed by atoms with Crippen LogP contribution in [0.1, 0.15) is 29.7 Å². The molecule has 0 radical (unpaired) electrons. The molecule has 2 aromatic rings. The van der Waals surface area contributed by atoms with Crippen LogP contribution < -0.4 is 20.1 Å². The zero-order chi connectivity index (χ0) is 21.2. The summed E-state index contributed by atoms with van der Waals surface area (Å²) in [5.41, 5.74) is 3.73. The Morgan fingerprint density at radius 2 is 1.60 bits per heavy atom. The summed E-state index contributed by atoms with van der Waals surface area (Å²) in [7, 11) is 9.26. The Balaban J connectivity index is 0.00000450. The highest BCUT2D eigenvalue weighted by Crippen LogP contribution is 2.27. The van der Waals surface area contributed by atoms with Gasteiger partial charge in [-0.15, -0.1) is 24.0 Å². The summed E-state index contributed by atoms with van der Waals surface area (Å²) in [6.45, 7) is 3.57. The van der Waals surface area contributed by atoms with E-state index < -0.39 is 0 Å². The number of methoxy groups -OCH3 is 2. The molecule has 0 bridgehead atoms. The molecular formula is C23H35IN4O2. The topological polar surface area (TPSA) is 58.1 Å². The van der Waals surface area contributed by atoms with E-state index in [4.69, 9.17) is 9.47 Å². The number of benzene rings is 2. The Morgan fingerprint density at radius 3 is 2.13 bits per heavy atom. The second-order valence-electron chi connectivity index (χ2n) is 7.07. The van der Waals surface area contributed by atoms with E-state index in [2.05, 4.69) is 65.8 Å². The first-order valence-corrected chi connectivity index (χ1v) is 9.93. The lowest BCUT2D eigenvalue weighted by Crippen LogP contribution is -2.41. The van der Waals surface area contributed by atoms with Crippen LogP contribution >= 0.6 is 24.0 Å². The third-order valence-corrected chi connectivity index (χ3v) is 4.99. The Hall–Kier alpha value is -2.00. The maximum absolute atomic E-state index is 5.38. The zero-order valence-electron chi connectivity index (χ0n) is 18.9. The van der Waals surface area contributed by atoms with Gasteiger partial charge in [0.25, 0.3) is 0 Å². The molecule has 0 aromatic heterocycles. The Morgan fingerprint density at radius 1 is 0.967 bits per heavy atom. The van der Waals surface area contributed by atoms with E-state index in [1.807, 2.05) is 18.2 Å². The van der Waals surface area contributed by atoms with Crippen LogP contribution in [0.2, 0.25) is 0 Å².